The van der Waals surface area contributed by atoms with E-state index in [1.807, 2.05) is 35.2 Å². The third kappa shape index (κ3) is 6.13. The van der Waals surface area contributed by atoms with Gasteiger partial charge in [0.25, 0.3) is 0 Å². The van der Waals surface area contributed by atoms with E-state index in [2.05, 4.69) is 9.97 Å². The van der Waals surface area contributed by atoms with Crippen LogP contribution in [0.15, 0.2) is 59.8 Å². The molecule has 0 spiro atoms. The Morgan fingerprint density at radius 2 is 1.77 bits per heavy atom. The Hall–Kier alpha value is -3.53. The number of ether oxygens (including phenoxy) is 2. The quantitative estimate of drug-likeness (QED) is 0.488. The zero-order valence-electron chi connectivity index (χ0n) is 19.5. The molecule has 0 saturated carbocycles. The molecule has 1 aromatic heterocycles. The molecule has 8 nitrogen and oxygen atoms in total. The molecule has 0 N–H and O–H groups in total. The van der Waals surface area contributed by atoms with Crippen molar-refractivity contribution in [1.29, 1.82) is 0 Å². The first-order valence-corrected chi connectivity index (χ1v) is 13.1. The van der Waals surface area contributed by atoms with Gasteiger partial charge in [0.05, 0.1) is 16.9 Å². The number of rotatable bonds is 7. The van der Waals surface area contributed by atoms with Crippen LogP contribution in [0, 0.1) is 12.7 Å². The van der Waals surface area contributed by atoms with Crippen LogP contribution in [0.25, 0.3) is 0 Å². The molecule has 1 aliphatic rings. The van der Waals surface area contributed by atoms with Crippen molar-refractivity contribution < 1.29 is 27.1 Å². The zero-order chi connectivity index (χ0) is 25.0. The summed E-state index contributed by atoms with van der Waals surface area (Å²) in [6.45, 7) is 2.87. The highest BCUT2D eigenvalue weighted by atomic mass is 32.2. The van der Waals surface area contributed by atoms with Crippen molar-refractivity contribution in [3.05, 3.63) is 71.8 Å². The third-order valence-corrected chi connectivity index (χ3v) is 6.91. The maximum Gasteiger partial charge on any atom is 0.229 e. The lowest BCUT2D eigenvalue weighted by molar-refractivity contribution is -0.132. The smallest absolute Gasteiger partial charge is 0.229 e. The topological polar surface area (TPSA) is 98.7 Å². The van der Waals surface area contributed by atoms with Crippen LogP contribution < -0.4 is 9.47 Å². The second kappa shape index (κ2) is 10.4. The molecule has 35 heavy (non-hydrogen) atoms. The number of hydrogen-bond acceptors (Lipinski definition) is 7. The van der Waals surface area contributed by atoms with E-state index in [1.165, 1.54) is 18.5 Å². The standard InChI is InChI=1S/C25H26FN3O5S/c1-17-24(27-16-28-25(17)34-22-9-8-20(15-21(22)26)35(2,31)32)33-19-10-12-29(13-11-19)23(30)14-18-6-4-3-5-7-18/h3-9,15-16,19H,10-14H2,1-2H3. The average molecular weight is 500 g/mol. The summed E-state index contributed by atoms with van der Waals surface area (Å²) in [7, 11) is -3.54. The van der Waals surface area contributed by atoms with E-state index in [4.69, 9.17) is 9.47 Å². The first-order valence-electron chi connectivity index (χ1n) is 11.2. The van der Waals surface area contributed by atoms with Crippen molar-refractivity contribution in [2.45, 2.75) is 37.2 Å². The van der Waals surface area contributed by atoms with Crippen LogP contribution in [0.5, 0.6) is 17.5 Å². The van der Waals surface area contributed by atoms with Gasteiger partial charge in [0.1, 0.15) is 12.4 Å². The highest BCUT2D eigenvalue weighted by molar-refractivity contribution is 7.90. The van der Waals surface area contributed by atoms with E-state index in [0.29, 0.717) is 43.8 Å². The van der Waals surface area contributed by atoms with Crippen molar-refractivity contribution in [1.82, 2.24) is 14.9 Å². The van der Waals surface area contributed by atoms with Gasteiger partial charge in [-0.1, -0.05) is 30.3 Å². The molecule has 2 heterocycles. The highest BCUT2D eigenvalue weighted by Crippen LogP contribution is 2.31. The van der Waals surface area contributed by atoms with E-state index < -0.39 is 15.7 Å². The van der Waals surface area contributed by atoms with E-state index in [-0.39, 0.29) is 28.5 Å². The molecule has 0 radical (unpaired) electrons. The van der Waals surface area contributed by atoms with Gasteiger partial charge in [-0.25, -0.2) is 22.8 Å². The Labute approximate surface area is 203 Å². The van der Waals surface area contributed by atoms with E-state index in [0.717, 1.165) is 17.9 Å². The van der Waals surface area contributed by atoms with Gasteiger partial charge in [0.2, 0.25) is 17.7 Å². The Bertz CT molecular complexity index is 1310. The number of piperidine rings is 1. The Morgan fingerprint density at radius 1 is 1.09 bits per heavy atom. The molecule has 1 saturated heterocycles. The summed E-state index contributed by atoms with van der Waals surface area (Å²) in [5.74, 6) is -0.461. The number of aromatic nitrogens is 2. The van der Waals surface area contributed by atoms with Gasteiger partial charge in [0, 0.05) is 32.2 Å². The van der Waals surface area contributed by atoms with Gasteiger partial charge in [0.15, 0.2) is 21.4 Å². The highest BCUT2D eigenvalue weighted by Gasteiger charge is 2.25. The zero-order valence-corrected chi connectivity index (χ0v) is 20.3. The number of nitrogens with zero attached hydrogens (tertiary/aromatic N) is 3. The maximum absolute atomic E-state index is 14.4. The Kier molecular flexibility index (Phi) is 7.30. The van der Waals surface area contributed by atoms with Crippen molar-refractivity contribution >= 4 is 15.7 Å². The summed E-state index contributed by atoms with van der Waals surface area (Å²) in [4.78, 5) is 22.5. The van der Waals surface area contributed by atoms with Crippen LogP contribution in [0.2, 0.25) is 0 Å². The van der Waals surface area contributed by atoms with Crippen molar-refractivity contribution in [2.75, 3.05) is 19.3 Å². The van der Waals surface area contributed by atoms with Crippen molar-refractivity contribution in [3.63, 3.8) is 0 Å². The van der Waals surface area contributed by atoms with Gasteiger partial charge in [-0.05, 0) is 30.7 Å². The van der Waals surface area contributed by atoms with Crippen LogP contribution in [-0.2, 0) is 21.1 Å². The SMILES string of the molecule is Cc1c(Oc2ccc(S(C)(=O)=O)cc2F)ncnc1OC1CCN(C(=O)Cc2ccccc2)CC1. The lowest BCUT2D eigenvalue weighted by Crippen LogP contribution is -2.42. The van der Waals surface area contributed by atoms with Crippen molar-refractivity contribution in [2.24, 2.45) is 0 Å². The Morgan fingerprint density at radius 3 is 2.43 bits per heavy atom. The molecule has 4 rings (SSSR count). The molecule has 10 heteroatoms. The normalized spacial score (nSPS) is 14.5. The van der Waals surface area contributed by atoms with Gasteiger partial charge >= 0.3 is 0 Å². The average Bonchev–Trinajstić information content (AvgIpc) is 2.83. The summed E-state index contributed by atoms with van der Waals surface area (Å²) in [5.41, 5.74) is 1.48. The van der Waals surface area contributed by atoms with Gasteiger partial charge < -0.3 is 14.4 Å². The van der Waals surface area contributed by atoms with Crippen LogP contribution in [0.3, 0.4) is 0 Å². The third-order valence-electron chi connectivity index (χ3n) is 5.80. The summed E-state index contributed by atoms with van der Waals surface area (Å²) >= 11 is 0. The molecule has 1 fully saturated rings. The minimum Gasteiger partial charge on any atom is -0.474 e. The molecule has 3 aromatic rings. The minimum absolute atomic E-state index is 0.0903. The second-order valence-corrected chi connectivity index (χ2v) is 10.5. The largest absolute Gasteiger partial charge is 0.474 e. The van der Waals surface area contributed by atoms with Crippen LogP contribution in [-0.4, -0.2) is 54.6 Å². The molecule has 184 valence electrons. The number of benzene rings is 2. The summed E-state index contributed by atoms with van der Waals surface area (Å²) in [5, 5.41) is 0. The van der Waals surface area contributed by atoms with E-state index >= 15 is 0 Å². The molecule has 0 aliphatic carbocycles. The number of hydrogen-bond donors (Lipinski definition) is 0. The number of sulfone groups is 1. The molecule has 2 aromatic carbocycles. The molecule has 0 atom stereocenters. The minimum atomic E-state index is -3.54. The Balaban J connectivity index is 1.37. The molecule has 1 aliphatic heterocycles. The number of amides is 1. The molecule has 1 amide bonds. The fourth-order valence-electron chi connectivity index (χ4n) is 3.80. The summed E-state index contributed by atoms with van der Waals surface area (Å²) < 4.78 is 49.3. The monoisotopic (exact) mass is 499 g/mol. The first-order chi connectivity index (χ1) is 16.7. The van der Waals surface area contributed by atoms with Crippen LogP contribution in [0.1, 0.15) is 24.0 Å². The first kappa shape index (κ1) is 24.6. The summed E-state index contributed by atoms with van der Waals surface area (Å²) in [6.07, 6.45) is 3.81. The van der Waals surface area contributed by atoms with Crippen LogP contribution in [0.4, 0.5) is 4.39 Å². The number of carbonyl (C=O) groups is 1. The second-order valence-electron chi connectivity index (χ2n) is 8.44. The van der Waals surface area contributed by atoms with Crippen LogP contribution >= 0.6 is 0 Å². The fraction of sp³-hybridized carbons (Fsp3) is 0.320. The van der Waals surface area contributed by atoms with Gasteiger partial charge in [-0.2, -0.15) is 0 Å². The predicted octanol–water partition coefficient (Wildman–Crippen LogP) is 3.73. The lowest BCUT2D eigenvalue weighted by Gasteiger charge is -2.32. The predicted molar refractivity (Wildman–Crippen MR) is 127 cm³/mol. The van der Waals surface area contributed by atoms with E-state index in [1.54, 1.807) is 6.92 Å². The molecule has 0 bridgehead atoms. The van der Waals surface area contributed by atoms with Gasteiger partial charge in [-0.3, -0.25) is 4.79 Å². The maximum atomic E-state index is 14.4. The molecular weight excluding hydrogens is 473 g/mol. The summed E-state index contributed by atoms with van der Waals surface area (Å²) in [6, 6.07) is 13.1. The number of likely N-dealkylation sites (tertiary alicyclic amines) is 1. The fourth-order valence-corrected chi connectivity index (χ4v) is 4.44. The number of carbonyl (C=O) groups excluding carboxylic acids is 1. The molecule has 0 unspecified atom stereocenters. The molecular formula is C25H26FN3O5S. The lowest BCUT2D eigenvalue weighted by atomic mass is 10.1. The van der Waals surface area contributed by atoms with Crippen molar-refractivity contribution in [3.8, 4) is 17.5 Å². The number of halogens is 1. The van der Waals surface area contributed by atoms with Gasteiger partial charge in [-0.15, -0.1) is 0 Å². The van der Waals surface area contributed by atoms with E-state index in [9.17, 15) is 17.6 Å².